The van der Waals surface area contributed by atoms with Crippen molar-refractivity contribution in [2.75, 3.05) is 41.0 Å². The van der Waals surface area contributed by atoms with Gasteiger partial charge in [0.2, 0.25) is 0 Å². The molecule has 182 valence electrons. The summed E-state index contributed by atoms with van der Waals surface area (Å²) in [6.45, 7) is 4.64. The molecule has 0 amide bonds. The number of carbonyl (C=O) groups excluding carboxylic acids is 1. The summed E-state index contributed by atoms with van der Waals surface area (Å²) in [6.07, 6.45) is 5.12. The number of hydrogen-bond acceptors (Lipinski definition) is 6. The van der Waals surface area contributed by atoms with Gasteiger partial charge in [0.15, 0.2) is 11.5 Å². The lowest BCUT2D eigenvalue weighted by molar-refractivity contribution is 0.0492. The predicted molar refractivity (Wildman–Crippen MR) is 132 cm³/mol. The van der Waals surface area contributed by atoms with Gasteiger partial charge in [0.1, 0.15) is 5.75 Å². The van der Waals surface area contributed by atoms with Gasteiger partial charge in [-0.15, -0.1) is 12.4 Å². The van der Waals surface area contributed by atoms with E-state index in [-0.39, 0.29) is 18.4 Å². The Kier molecular flexibility index (Phi) is 10.8. The van der Waals surface area contributed by atoms with E-state index in [0.717, 1.165) is 44.5 Å². The first-order valence-corrected chi connectivity index (χ1v) is 11.4. The van der Waals surface area contributed by atoms with E-state index in [9.17, 15) is 4.79 Å². The third kappa shape index (κ3) is 6.78. The Hall–Kier alpha value is -2.44. The summed E-state index contributed by atoms with van der Waals surface area (Å²) in [5.74, 6) is 1.78. The molecule has 0 fully saturated rings. The Bertz CT molecular complexity index is 890. The van der Waals surface area contributed by atoms with Crippen LogP contribution in [0.4, 0.5) is 0 Å². The van der Waals surface area contributed by atoms with Crippen molar-refractivity contribution >= 4 is 18.4 Å². The van der Waals surface area contributed by atoms with Crippen molar-refractivity contribution in [3.63, 3.8) is 0 Å². The molecule has 33 heavy (non-hydrogen) atoms. The normalized spacial score (nSPS) is 14.8. The van der Waals surface area contributed by atoms with Crippen LogP contribution in [0, 0.1) is 0 Å². The zero-order chi connectivity index (χ0) is 22.9. The number of aryl methyl sites for hydroxylation is 1. The molecule has 0 heterocycles. The fourth-order valence-corrected chi connectivity index (χ4v) is 4.47. The van der Waals surface area contributed by atoms with Gasteiger partial charge in [-0.25, -0.2) is 4.79 Å². The molecule has 0 aromatic heterocycles. The summed E-state index contributed by atoms with van der Waals surface area (Å²) in [6, 6.07) is 11.9. The van der Waals surface area contributed by atoms with Crippen LogP contribution in [0.3, 0.4) is 0 Å². The number of unbranched alkanes of at least 4 members (excludes halogenated alkanes) is 1. The van der Waals surface area contributed by atoms with E-state index in [0.29, 0.717) is 29.7 Å². The molecule has 1 aliphatic rings. The molecule has 0 bridgehead atoms. The van der Waals surface area contributed by atoms with E-state index >= 15 is 0 Å². The van der Waals surface area contributed by atoms with Gasteiger partial charge in [-0.2, -0.15) is 0 Å². The first-order chi connectivity index (χ1) is 15.6. The number of nitrogens with zero attached hydrogens (tertiary/aromatic N) is 1. The van der Waals surface area contributed by atoms with E-state index < -0.39 is 0 Å². The summed E-state index contributed by atoms with van der Waals surface area (Å²) in [7, 11) is 4.87. The minimum Gasteiger partial charge on any atom is -0.496 e. The number of fused-ring (bicyclic) bond motifs is 1. The highest BCUT2D eigenvalue weighted by Crippen LogP contribution is 2.31. The molecule has 0 saturated heterocycles. The number of halogens is 1. The van der Waals surface area contributed by atoms with Crippen molar-refractivity contribution in [3.8, 4) is 17.2 Å². The molecule has 0 spiro atoms. The van der Waals surface area contributed by atoms with E-state index in [4.69, 9.17) is 18.9 Å². The second-order valence-electron chi connectivity index (χ2n) is 8.04. The molecular weight excluding hydrogens is 442 g/mol. The maximum Gasteiger partial charge on any atom is 0.338 e. The monoisotopic (exact) mass is 477 g/mol. The smallest absolute Gasteiger partial charge is 0.338 e. The SMILES string of the molecule is CCN(CCCCOC(=O)c1ccc(OC)c(OC)c1)C1CCc2cccc(OC)c2C1.Cl. The van der Waals surface area contributed by atoms with Crippen LogP contribution >= 0.6 is 12.4 Å². The van der Waals surface area contributed by atoms with Crippen LogP contribution in [-0.2, 0) is 17.6 Å². The maximum absolute atomic E-state index is 12.3. The van der Waals surface area contributed by atoms with E-state index in [1.54, 1.807) is 39.5 Å². The van der Waals surface area contributed by atoms with Gasteiger partial charge in [-0.05, 0) is 80.6 Å². The Labute approximate surface area is 203 Å². The van der Waals surface area contributed by atoms with E-state index in [2.05, 4.69) is 30.0 Å². The number of rotatable bonds is 11. The molecule has 6 nitrogen and oxygen atoms in total. The number of benzene rings is 2. The zero-order valence-electron chi connectivity index (χ0n) is 20.1. The Morgan fingerprint density at radius 3 is 2.45 bits per heavy atom. The van der Waals surface area contributed by atoms with E-state index in [1.807, 2.05) is 0 Å². The minimum absolute atomic E-state index is 0. The standard InChI is InChI=1S/C26H35NO5.ClH/c1-5-27(21-13-11-19-9-8-10-23(29-2)22(19)18-21)15-6-7-16-32-26(28)20-12-14-24(30-3)25(17-20)31-4;/h8-10,12,14,17,21H,5-7,11,13,15-16,18H2,1-4H3;1H. The summed E-state index contributed by atoms with van der Waals surface area (Å²) in [5.41, 5.74) is 3.24. The molecule has 2 aromatic carbocycles. The molecule has 0 N–H and O–H groups in total. The van der Waals surface area contributed by atoms with Crippen molar-refractivity contribution in [1.82, 2.24) is 4.90 Å². The molecule has 2 aromatic rings. The van der Waals surface area contributed by atoms with Gasteiger partial charge < -0.3 is 23.8 Å². The Morgan fingerprint density at radius 1 is 1.00 bits per heavy atom. The molecule has 0 radical (unpaired) electrons. The molecule has 0 aliphatic heterocycles. The fraction of sp³-hybridized carbons (Fsp3) is 0.500. The van der Waals surface area contributed by atoms with Crippen molar-refractivity contribution in [3.05, 3.63) is 53.1 Å². The number of esters is 1. The summed E-state index contributed by atoms with van der Waals surface area (Å²) < 4.78 is 21.5. The minimum atomic E-state index is -0.339. The van der Waals surface area contributed by atoms with Gasteiger partial charge in [0.25, 0.3) is 0 Å². The first kappa shape index (κ1) is 26.8. The van der Waals surface area contributed by atoms with Gasteiger partial charge in [-0.3, -0.25) is 0 Å². The molecule has 7 heteroatoms. The lowest BCUT2D eigenvalue weighted by Gasteiger charge is -2.35. The van der Waals surface area contributed by atoms with E-state index in [1.165, 1.54) is 17.5 Å². The largest absolute Gasteiger partial charge is 0.496 e. The van der Waals surface area contributed by atoms with Gasteiger partial charge >= 0.3 is 5.97 Å². The average molecular weight is 478 g/mol. The molecular formula is C26H36ClNO5. The molecule has 1 unspecified atom stereocenters. The summed E-state index contributed by atoms with van der Waals surface area (Å²) in [5, 5.41) is 0. The van der Waals surface area contributed by atoms with Crippen LogP contribution in [0.2, 0.25) is 0 Å². The van der Waals surface area contributed by atoms with Gasteiger partial charge in [0, 0.05) is 6.04 Å². The second kappa shape index (κ2) is 13.3. The number of likely N-dealkylation sites (N-methyl/N-ethyl adjacent to an activating group) is 1. The van der Waals surface area contributed by atoms with Crippen molar-refractivity contribution in [2.45, 2.75) is 45.1 Å². The number of hydrogen-bond donors (Lipinski definition) is 0. The average Bonchev–Trinajstić information content (AvgIpc) is 2.84. The van der Waals surface area contributed by atoms with Gasteiger partial charge in [0.05, 0.1) is 33.5 Å². The van der Waals surface area contributed by atoms with Crippen molar-refractivity contribution < 1.29 is 23.7 Å². The molecule has 0 saturated carbocycles. The quantitative estimate of drug-likeness (QED) is 0.337. The fourth-order valence-electron chi connectivity index (χ4n) is 4.47. The summed E-state index contributed by atoms with van der Waals surface area (Å²) in [4.78, 5) is 14.9. The van der Waals surface area contributed by atoms with Crippen molar-refractivity contribution in [1.29, 1.82) is 0 Å². The third-order valence-corrected chi connectivity index (χ3v) is 6.25. The molecule has 3 rings (SSSR count). The Balaban J connectivity index is 0.00000385. The Morgan fingerprint density at radius 2 is 1.76 bits per heavy atom. The third-order valence-electron chi connectivity index (χ3n) is 6.25. The van der Waals surface area contributed by atoms with Crippen LogP contribution in [0.15, 0.2) is 36.4 Å². The molecule has 1 aliphatic carbocycles. The van der Waals surface area contributed by atoms with Crippen LogP contribution in [0.1, 0.15) is 47.7 Å². The van der Waals surface area contributed by atoms with Crippen LogP contribution in [0.25, 0.3) is 0 Å². The maximum atomic E-state index is 12.3. The van der Waals surface area contributed by atoms with Crippen LogP contribution in [0.5, 0.6) is 17.2 Å². The lowest BCUT2D eigenvalue weighted by atomic mass is 9.86. The highest BCUT2D eigenvalue weighted by molar-refractivity contribution is 5.90. The number of methoxy groups -OCH3 is 3. The highest BCUT2D eigenvalue weighted by Gasteiger charge is 2.25. The zero-order valence-corrected chi connectivity index (χ0v) is 20.9. The first-order valence-electron chi connectivity index (χ1n) is 11.4. The topological polar surface area (TPSA) is 57.2 Å². The number of carbonyl (C=O) groups is 1. The highest BCUT2D eigenvalue weighted by atomic mass is 35.5. The summed E-state index contributed by atoms with van der Waals surface area (Å²) >= 11 is 0. The number of ether oxygens (including phenoxy) is 4. The van der Waals surface area contributed by atoms with Crippen LogP contribution in [-0.4, -0.2) is 57.9 Å². The van der Waals surface area contributed by atoms with Crippen LogP contribution < -0.4 is 14.2 Å². The lowest BCUT2D eigenvalue weighted by Crippen LogP contribution is -2.40. The second-order valence-corrected chi connectivity index (χ2v) is 8.04. The molecule has 1 atom stereocenters. The van der Waals surface area contributed by atoms with Gasteiger partial charge in [-0.1, -0.05) is 19.1 Å². The van der Waals surface area contributed by atoms with Crippen molar-refractivity contribution in [2.24, 2.45) is 0 Å². The predicted octanol–water partition coefficient (Wildman–Crippen LogP) is 4.95.